The number of morpholine rings is 1. The highest BCUT2D eigenvalue weighted by Crippen LogP contribution is 2.23. The summed E-state index contributed by atoms with van der Waals surface area (Å²) in [5, 5.41) is 8.55. The molecule has 0 radical (unpaired) electrons. The number of amides is 1. The normalized spacial score (nSPS) is 17.7. The first-order chi connectivity index (χ1) is 13.6. The second-order valence-corrected chi connectivity index (χ2v) is 7.18. The van der Waals surface area contributed by atoms with Gasteiger partial charge in [0.15, 0.2) is 5.82 Å². The number of nitrogens with zero attached hydrogens (tertiary/aromatic N) is 5. The number of ether oxygens (including phenoxy) is 1. The first kappa shape index (κ1) is 18.9. The molecule has 0 unspecified atom stereocenters. The molecule has 0 saturated carbocycles. The van der Waals surface area contributed by atoms with E-state index in [2.05, 4.69) is 20.0 Å². The maximum Gasteiger partial charge on any atom is 0.255 e. The van der Waals surface area contributed by atoms with Gasteiger partial charge in [0.25, 0.3) is 5.91 Å². The van der Waals surface area contributed by atoms with E-state index >= 15 is 0 Å². The first-order valence-electron chi connectivity index (χ1n) is 9.26. The molecule has 0 N–H and O–H groups in total. The zero-order chi connectivity index (χ0) is 19.5. The van der Waals surface area contributed by atoms with E-state index < -0.39 is 5.82 Å². The monoisotopic (exact) mass is 405 g/mol. The SMILES string of the molecule is O=C(c1ccc(F)cc1Cl)N1CCN(c2cc(N3CCOCC3)cnn2)CC1. The molecule has 0 spiro atoms. The predicted octanol–water partition coefficient (Wildman–Crippen LogP) is 2.07. The third-order valence-corrected chi connectivity index (χ3v) is 5.37. The van der Waals surface area contributed by atoms with Crippen LogP contribution in [0.5, 0.6) is 0 Å². The first-order valence-corrected chi connectivity index (χ1v) is 9.64. The van der Waals surface area contributed by atoms with Crippen LogP contribution in [0.15, 0.2) is 30.5 Å². The highest BCUT2D eigenvalue weighted by molar-refractivity contribution is 6.33. The van der Waals surface area contributed by atoms with E-state index in [4.69, 9.17) is 16.3 Å². The van der Waals surface area contributed by atoms with Crippen LogP contribution >= 0.6 is 11.6 Å². The van der Waals surface area contributed by atoms with Crippen molar-refractivity contribution in [2.45, 2.75) is 0 Å². The smallest absolute Gasteiger partial charge is 0.255 e. The maximum absolute atomic E-state index is 13.2. The van der Waals surface area contributed by atoms with E-state index in [1.54, 1.807) is 11.1 Å². The van der Waals surface area contributed by atoms with Gasteiger partial charge in [-0.2, -0.15) is 5.10 Å². The summed E-state index contributed by atoms with van der Waals surface area (Å²) >= 11 is 6.03. The number of carbonyl (C=O) groups is 1. The predicted molar refractivity (Wildman–Crippen MR) is 105 cm³/mol. The van der Waals surface area contributed by atoms with Gasteiger partial charge in [0, 0.05) is 45.3 Å². The van der Waals surface area contributed by atoms with Gasteiger partial charge in [-0.25, -0.2) is 4.39 Å². The summed E-state index contributed by atoms with van der Waals surface area (Å²) in [6, 6.07) is 5.89. The Hall–Kier alpha value is -2.45. The molecule has 7 nitrogen and oxygen atoms in total. The van der Waals surface area contributed by atoms with E-state index in [0.717, 1.165) is 30.7 Å². The average molecular weight is 406 g/mol. The van der Waals surface area contributed by atoms with E-state index in [-0.39, 0.29) is 10.9 Å². The molecule has 148 valence electrons. The van der Waals surface area contributed by atoms with Crippen LogP contribution in [0.4, 0.5) is 15.9 Å². The van der Waals surface area contributed by atoms with Crippen molar-refractivity contribution in [3.8, 4) is 0 Å². The fraction of sp³-hybridized carbons (Fsp3) is 0.421. The van der Waals surface area contributed by atoms with Gasteiger partial charge in [-0.05, 0) is 18.2 Å². The number of aromatic nitrogens is 2. The standard InChI is InChI=1S/C19H21ClFN5O2/c20-17-11-14(21)1-2-16(17)19(27)26-5-3-25(4-6-26)18-12-15(13-22-23-18)24-7-9-28-10-8-24/h1-2,11-13H,3-10H2. The van der Waals surface area contributed by atoms with Crippen LogP contribution < -0.4 is 9.80 Å². The zero-order valence-corrected chi connectivity index (χ0v) is 16.1. The molecule has 2 aliphatic rings. The molecule has 2 aliphatic heterocycles. The molecule has 0 aliphatic carbocycles. The van der Waals surface area contributed by atoms with Crippen LogP contribution in [0.2, 0.25) is 5.02 Å². The maximum atomic E-state index is 13.2. The third kappa shape index (κ3) is 4.02. The Balaban J connectivity index is 1.40. The summed E-state index contributed by atoms with van der Waals surface area (Å²) in [5.74, 6) is 0.166. The van der Waals surface area contributed by atoms with Crippen molar-refractivity contribution in [2.75, 3.05) is 62.3 Å². The molecule has 0 bridgehead atoms. The summed E-state index contributed by atoms with van der Waals surface area (Å²) in [6.45, 7) is 5.47. The number of piperazine rings is 1. The van der Waals surface area contributed by atoms with E-state index in [1.165, 1.54) is 12.1 Å². The summed E-state index contributed by atoms with van der Waals surface area (Å²) in [6.07, 6.45) is 1.77. The minimum Gasteiger partial charge on any atom is -0.378 e. The van der Waals surface area contributed by atoms with Crippen LogP contribution in [0.25, 0.3) is 0 Å². The Kier molecular flexibility index (Phi) is 5.59. The summed E-state index contributed by atoms with van der Waals surface area (Å²) < 4.78 is 18.6. The topological polar surface area (TPSA) is 61.8 Å². The van der Waals surface area contributed by atoms with Crippen LogP contribution in [0.1, 0.15) is 10.4 Å². The van der Waals surface area contributed by atoms with E-state index in [9.17, 15) is 9.18 Å². The van der Waals surface area contributed by atoms with Gasteiger partial charge < -0.3 is 19.4 Å². The molecule has 28 heavy (non-hydrogen) atoms. The second kappa shape index (κ2) is 8.28. The largest absolute Gasteiger partial charge is 0.378 e. The number of benzene rings is 1. The van der Waals surface area contributed by atoms with Gasteiger partial charge in [-0.15, -0.1) is 5.10 Å². The molecule has 1 amide bonds. The Morgan fingerprint density at radius 3 is 2.50 bits per heavy atom. The number of anilines is 2. The molecule has 1 aromatic carbocycles. The van der Waals surface area contributed by atoms with Crippen molar-refractivity contribution in [1.82, 2.24) is 15.1 Å². The number of halogens is 2. The van der Waals surface area contributed by atoms with E-state index in [0.29, 0.717) is 45.0 Å². The van der Waals surface area contributed by atoms with Crippen molar-refractivity contribution >= 4 is 29.0 Å². The van der Waals surface area contributed by atoms with Crippen LogP contribution in [0.3, 0.4) is 0 Å². The van der Waals surface area contributed by atoms with Gasteiger partial charge in [0.2, 0.25) is 0 Å². The third-order valence-electron chi connectivity index (χ3n) is 5.06. The summed E-state index contributed by atoms with van der Waals surface area (Å²) in [7, 11) is 0. The molecule has 3 heterocycles. The van der Waals surface area contributed by atoms with Crippen molar-refractivity contribution < 1.29 is 13.9 Å². The number of rotatable bonds is 3. The minimum atomic E-state index is -0.454. The molecule has 9 heteroatoms. The summed E-state index contributed by atoms with van der Waals surface area (Å²) in [4.78, 5) is 18.8. The lowest BCUT2D eigenvalue weighted by molar-refractivity contribution is 0.0746. The quantitative estimate of drug-likeness (QED) is 0.779. The minimum absolute atomic E-state index is 0.136. The van der Waals surface area contributed by atoms with Crippen molar-refractivity contribution in [3.63, 3.8) is 0 Å². The van der Waals surface area contributed by atoms with Gasteiger partial charge >= 0.3 is 0 Å². The molecule has 0 atom stereocenters. The highest BCUT2D eigenvalue weighted by atomic mass is 35.5. The molecule has 4 rings (SSSR count). The Bertz CT molecular complexity index is 854. The fourth-order valence-corrected chi connectivity index (χ4v) is 3.71. The van der Waals surface area contributed by atoms with Crippen LogP contribution in [0, 0.1) is 5.82 Å². The molecule has 2 saturated heterocycles. The summed E-state index contributed by atoms with van der Waals surface area (Å²) in [5.41, 5.74) is 1.36. The lowest BCUT2D eigenvalue weighted by Crippen LogP contribution is -2.49. The molecule has 2 fully saturated rings. The molecular formula is C19H21ClFN5O2. The Morgan fingerprint density at radius 2 is 1.79 bits per heavy atom. The van der Waals surface area contributed by atoms with Gasteiger partial charge in [0.05, 0.1) is 35.7 Å². The van der Waals surface area contributed by atoms with Crippen molar-refractivity contribution in [1.29, 1.82) is 0 Å². The number of hydrogen-bond donors (Lipinski definition) is 0. The van der Waals surface area contributed by atoms with Gasteiger partial charge in [-0.1, -0.05) is 11.6 Å². The van der Waals surface area contributed by atoms with Gasteiger partial charge in [-0.3, -0.25) is 4.79 Å². The Morgan fingerprint density at radius 1 is 1.04 bits per heavy atom. The molecule has 1 aromatic heterocycles. The van der Waals surface area contributed by atoms with Crippen molar-refractivity contribution in [3.05, 3.63) is 46.9 Å². The van der Waals surface area contributed by atoms with Gasteiger partial charge in [0.1, 0.15) is 5.82 Å². The Labute approximate surface area is 167 Å². The molecular weight excluding hydrogens is 385 g/mol. The fourth-order valence-electron chi connectivity index (χ4n) is 3.47. The van der Waals surface area contributed by atoms with Crippen LogP contribution in [-0.4, -0.2) is 73.5 Å². The zero-order valence-electron chi connectivity index (χ0n) is 15.4. The number of hydrogen-bond acceptors (Lipinski definition) is 6. The second-order valence-electron chi connectivity index (χ2n) is 6.77. The molecule has 2 aromatic rings. The number of carbonyl (C=O) groups excluding carboxylic acids is 1. The van der Waals surface area contributed by atoms with E-state index in [1.807, 2.05) is 6.07 Å². The highest BCUT2D eigenvalue weighted by Gasteiger charge is 2.25. The van der Waals surface area contributed by atoms with Crippen LogP contribution in [-0.2, 0) is 4.74 Å². The lowest BCUT2D eigenvalue weighted by atomic mass is 10.1. The lowest BCUT2D eigenvalue weighted by Gasteiger charge is -2.36. The average Bonchev–Trinajstić information content (AvgIpc) is 2.74. The van der Waals surface area contributed by atoms with Crippen molar-refractivity contribution in [2.24, 2.45) is 0 Å².